The van der Waals surface area contributed by atoms with Crippen LogP contribution in [-0.4, -0.2) is 81.6 Å². The molecule has 0 unspecified atom stereocenters. The lowest BCUT2D eigenvalue weighted by Crippen LogP contribution is -2.37. The van der Waals surface area contributed by atoms with Crippen LogP contribution in [0.25, 0.3) is 10.9 Å². The van der Waals surface area contributed by atoms with Gasteiger partial charge in [-0.3, -0.25) is 14.7 Å². The van der Waals surface area contributed by atoms with Gasteiger partial charge >= 0.3 is 0 Å². The second-order valence-electron chi connectivity index (χ2n) is 11.8. The zero-order valence-electron chi connectivity index (χ0n) is 29.0. The first-order valence-electron chi connectivity index (χ1n) is 16.6. The molecule has 3 heterocycles. The van der Waals surface area contributed by atoms with Crippen molar-refractivity contribution in [2.24, 2.45) is 0 Å². The van der Waals surface area contributed by atoms with Crippen molar-refractivity contribution in [2.45, 2.75) is 13.0 Å². The number of ether oxygens (including phenoxy) is 6. The van der Waals surface area contributed by atoms with Crippen LogP contribution < -0.4 is 34.3 Å². The summed E-state index contributed by atoms with van der Waals surface area (Å²) in [6, 6.07) is 15.7. The molecule has 52 heavy (non-hydrogen) atoms. The number of anilines is 2. The van der Waals surface area contributed by atoms with Gasteiger partial charge in [-0.1, -0.05) is 12.1 Å². The number of nitrogens with zero attached hydrogens (tertiary/aromatic N) is 3. The van der Waals surface area contributed by atoms with Gasteiger partial charge in [0.15, 0.2) is 28.9 Å². The molecule has 0 radical (unpaired) electrons. The van der Waals surface area contributed by atoms with E-state index < -0.39 is 29.0 Å². The third-order valence-electron chi connectivity index (χ3n) is 8.42. The zero-order chi connectivity index (χ0) is 36.5. The highest BCUT2D eigenvalue weighted by Gasteiger charge is 2.20. The molecular weight excluding hydrogens is 676 g/mol. The van der Waals surface area contributed by atoms with Crippen molar-refractivity contribution < 1.29 is 42.0 Å². The molecule has 0 spiro atoms. The molecule has 0 aliphatic carbocycles. The number of halogens is 2. The number of aromatic nitrogens is 2. The summed E-state index contributed by atoms with van der Waals surface area (Å²) in [7, 11) is 4.51. The van der Waals surface area contributed by atoms with E-state index in [4.69, 9.17) is 28.4 Å². The van der Waals surface area contributed by atoms with Gasteiger partial charge in [-0.15, -0.1) is 0 Å². The number of benzene rings is 3. The van der Waals surface area contributed by atoms with Gasteiger partial charge < -0.3 is 39.1 Å². The molecule has 3 aromatic carbocycles. The van der Waals surface area contributed by atoms with E-state index in [1.54, 1.807) is 25.3 Å². The number of hydrogen-bond acceptors (Lipinski definition) is 11. The Balaban J connectivity index is 1.11. The summed E-state index contributed by atoms with van der Waals surface area (Å²) in [5.41, 5.74) is 1.12. The molecule has 6 rings (SSSR count). The van der Waals surface area contributed by atoms with Crippen molar-refractivity contribution in [1.29, 1.82) is 0 Å². The number of methoxy groups -OCH3 is 3. The molecule has 1 amide bonds. The van der Waals surface area contributed by atoms with E-state index in [-0.39, 0.29) is 17.1 Å². The van der Waals surface area contributed by atoms with Crippen LogP contribution in [0, 0.1) is 11.6 Å². The standard InChI is InChI=1S/C38H39F2N5O7/c1-47-25-7-5-24(6-8-25)22-42-37-21-33(48-2)27(23-43-37)38(46)44-31-18-29(40)34(19-28(31)39)52-32-9-10-41-30-20-36(35(49-3)17-26(30)32)51-14-4-11-45-12-15-50-16-13-45/h5-10,17-21,23H,4,11-16,22H2,1-3H3,(H,42,43)(H,44,46). The third-order valence-corrected chi connectivity index (χ3v) is 8.42. The van der Waals surface area contributed by atoms with E-state index >= 15 is 8.78 Å². The molecular formula is C38H39F2N5O7. The minimum atomic E-state index is -0.918. The summed E-state index contributed by atoms with van der Waals surface area (Å²) in [5, 5.41) is 6.06. The fraction of sp³-hybridized carbons (Fsp3) is 0.289. The Morgan fingerprint density at radius 2 is 1.63 bits per heavy atom. The van der Waals surface area contributed by atoms with Crippen LogP contribution in [0.3, 0.4) is 0 Å². The maximum atomic E-state index is 15.4. The molecule has 0 atom stereocenters. The van der Waals surface area contributed by atoms with Crippen molar-refractivity contribution in [3.63, 3.8) is 0 Å². The monoisotopic (exact) mass is 715 g/mol. The number of hydrogen-bond donors (Lipinski definition) is 2. The molecule has 272 valence electrons. The van der Waals surface area contributed by atoms with Crippen LogP contribution in [0.1, 0.15) is 22.3 Å². The average molecular weight is 716 g/mol. The van der Waals surface area contributed by atoms with Gasteiger partial charge in [-0.25, -0.2) is 13.8 Å². The summed E-state index contributed by atoms with van der Waals surface area (Å²) in [5.74, 6) is -0.422. The lowest BCUT2D eigenvalue weighted by atomic mass is 10.1. The first-order valence-corrected chi connectivity index (χ1v) is 16.6. The quantitative estimate of drug-likeness (QED) is 0.113. The molecule has 2 N–H and O–H groups in total. The normalized spacial score (nSPS) is 13.0. The largest absolute Gasteiger partial charge is 0.497 e. The molecule has 14 heteroatoms. The number of fused-ring (bicyclic) bond motifs is 1. The third kappa shape index (κ3) is 8.76. The van der Waals surface area contributed by atoms with Gasteiger partial charge in [0.05, 0.1) is 52.4 Å². The minimum absolute atomic E-state index is 0.0234. The van der Waals surface area contributed by atoms with Crippen molar-refractivity contribution in [3.05, 3.63) is 95.8 Å². The Labute approximate surface area is 299 Å². The lowest BCUT2D eigenvalue weighted by molar-refractivity contribution is 0.0357. The highest BCUT2D eigenvalue weighted by molar-refractivity contribution is 6.06. The number of carbonyl (C=O) groups excluding carboxylic acids is 1. The molecule has 0 saturated carbocycles. The number of pyridine rings is 2. The molecule has 1 fully saturated rings. The predicted molar refractivity (Wildman–Crippen MR) is 191 cm³/mol. The summed E-state index contributed by atoms with van der Waals surface area (Å²) in [6.07, 6.45) is 3.61. The topological polar surface area (TPSA) is 126 Å². The smallest absolute Gasteiger partial charge is 0.261 e. The van der Waals surface area contributed by atoms with Gasteiger partial charge in [0.25, 0.3) is 5.91 Å². The Morgan fingerprint density at radius 3 is 2.38 bits per heavy atom. The zero-order valence-corrected chi connectivity index (χ0v) is 29.0. The number of morpholine rings is 1. The van der Waals surface area contributed by atoms with Crippen LogP contribution in [0.15, 0.2) is 73.1 Å². The minimum Gasteiger partial charge on any atom is -0.497 e. The maximum Gasteiger partial charge on any atom is 0.261 e. The first kappa shape index (κ1) is 36.1. The van der Waals surface area contributed by atoms with Crippen LogP contribution in [0.4, 0.5) is 20.3 Å². The number of amides is 1. The number of rotatable bonds is 15. The van der Waals surface area contributed by atoms with Gasteiger partial charge in [-0.2, -0.15) is 0 Å². The van der Waals surface area contributed by atoms with Crippen molar-refractivity contribution in [2.75, 3.05) is 71.4 Å². The van der Waals surface area contributed by atoms with Crippen LogP contribution >= 0.6 is 0 Å². The Kier molecular flexibility index (Phi) is 11.8. The van der Waals surface area contributed by atoms with E-state index in [0.29, 0.717) is 41.4 Å². The first-order chi connectivity index (χ1) is 25.3. The molecule has 12 nitrogen and oxygen atoms in total. The highest BCUT2D eigenvalue weighted by Crippen LogP contribution is 2.38. The summed E-state index contributed by atoms with van der Waals surface area (Å²) < 4.78 is 64.1. The van der Waals surface area contributed by atoms with Gasteiger partial charge in [0.2, 0.25) is 0 Å². The van der Waals surface area contributed by atoms with Crippen molar-refractivity contribution >= 4 is 28.3 Å². The fourth-order valence-electron chi connectivity index (χ4n) is 5.60. The average Bonchev–Trinajstić information content (AvgIpc) is 3.17. The van der Waals surface area contributed by atoms with E-state index in [2.05, 4.69) is 25.5 Å². The number of carbonyl (C=O) groups is 1. The fourth-order valence-corrected chi connectivity index (χ4v) is 5.60. The second kappa shape index (κ2) is 17.0. The SMILES string of the molecule is COc1ccc(CNc2cc(OC)c(C(=O)Nc3cc(F)c(Oc4ccnc5cc(OCCCN6CCOCC6)c(OC)cc45)cc3F)cn2)cc1. The molecule has 5 aromatic rings. The van der Waals surface area contributed by atoms with Crippen LogP contribution in [0.2, 0.25) is 0 Å². The Morgan fingerprint density at radius 1 is 0.846 bits per heavy atom. The van der Waals surface area contributed by atoms with Crippen LogP contribution in [0.5, 0.6) is 34.5 Å². The van der Waals surface area contributed by atoms with Crippen molar-refractivity contribution in [1.82, 2.24) is 14.9 Å². The van der Waals surface area contributed by atoms with Crippen molar-refractivity contribution in [3.8, 4) is 34.5 Å². The molecule has 1 saturated heterocycles. The molecule has 2 aromatic heterocycles. The Hall–Kier alpha value is -5.73. The van der Waals surface area contributed by atoms with E-state index in [9.17, 15) is 4.79 Å². The van der Waals surface area contributed by atoms with Gasteiger partial charge in [0.1, 0.15) is 28.6 Å². The van der Waals surface area contributed by atoms with E-state index in [0.717, 1.165) is 62.7 Å². The van der Waals surface area contributed by atoms with Gasteiger partial charge in [-0.05, 0) is 36.2 Å². The molecule has 1 aliphatic rings. The molecule has 0 bridgehead atoms. The number of nitrogens with one attached hydrogen (secondary N) is 2. The Bertz CT molecular complexity index is 2010. The second-order valence-corrected chi connectivity index (χ2v) is 11.8. The van der Waals surface area contributed by atoms with Gasteiger partial charge in [0, 0.05) is 68.2 Å². The predicted octanol–water partition coefficient (Wildman–Crippen LogP) is 6.69. The van der Waals surface area contributed by atoms with E-state index in [1.807, 2.05) is 24.3 Å². The van der Waals surface area contributed by atoms with E-state index in [1.165, 1.54) is 32.7 Å². The lowest BCUT2D eigenvalue weighted by Gasteiger charge is -2.26. The summed E-state index contributed by atoms with van der Waals surface area (Å²) in [4.78, 5) is 24.2. The highest BCUT2D eigenvalue weighted by atomic mass is 19.1. The summed E-state index contributed by atoms with van der Waals surface area (Å²) in [6.45, 7) is 5.10. The summed E-state index contributed by atoms with van der Waals surface area (Å²) >= 11 is 0. The molecule has 1 aliphatic heterocycles. The maximum absolute atomic E-state index is 15.4. The van der Waals surface area contributed by atoms with Crippen LogP contribution in [-0.2, 0) is 11.3 Å².